The SMILES string of the molecule is CC(C)Nc1cccc(C(F)C(F)F)c1. The third kappa shape index (κ3) is 3.46. The van der Waals surface area contributed by atoms with E-state index in [1.807, 2.05) is 13.8 Å². The molecule has 1 rings (SSSR count). The molecular formula is C11H14F3N. The van der Waals surface area contributed by atoms with Crippen molar-refractivity contribution >= 4 is 5.69 Å². The minimum atomic E-state index is -2.97. The maximum absolute atomic E-state index is 13.0. The lowest BCUT2D eigenvalue weighted by Gasteiger charge is -2.12. The molecule has 0 radical (unpaired) electrons. The van der Waals surface area contributed by atoms with Crippen LogP contribution in [-0.4, -0.2) is 12.5 Å². The van der Waals surface area contributed by atoms with Crippen molar-refractivity contribution in [1.29, 1.82) is 0 Å². The topological polar surface area (TPSA) is 12.0 Å². The first-order chi connectivity index (χ1) is 7.00. The minimum absolute atomic E-state index is 0.00986. The van der Waals surface area contributed by atoms with E-state index in [1.54, 1.807) is 12.1 Å². The van der Waals surface area contributed by atoms with Gasteiger partial charge in [-0.2, -0.15) is 0 Å². The molecule has 0 fully saturated rings. The van der Waals surface area contributed by atoms with Gasteiger partial charge in [-0.05, 0) is 31.5 Å². The molecule has 1 aromatic carbocycles. The van der Waals surface area contributed by atoms with Crippen LogP contribution in [0, 0.1) is 0 Å². The summed E-state index contributed by atoms with van der Waals surface area (Å²) in [7, 11) is 0. The average molecular weight is 217 g/mol. The maximum Gasteiger partial charge on any atom is 0.273 e. The van der Waals surface area contributed by atoms with Crippen molar-refractivity contribution in [3.05, 3.63) is 29.8 Å². The van der Waals surface area contributed by atoms with Crippen molar-refractivity contribution in [2.45, 2.75) is 32.5 Å². The van der Waals surface area contributed by atoms with E-state index in [4.69, 9.17) is 0 Å². The summed E-state index contributed by atoms with van der Waals surface area (Å²) in [6.07, 6.45) is -5.18. The molecule has 1 atom stereocenters. The Bertz CT molecular complexity index is 312. The van der Waals surface area contributed by atoms with Gasteiger partial charge in [-0.3, -0.25) is 0 Å². The predicted octanol–water partition coefficient (Wildman–Crippen LogP) is 3.78. The van der Waals surface area contributed by atoms with Gasteiger partial charge in [0.25, 0.3) is 6.43 Å². The zero-order valence-electron chi connectivity index (χ0n) is 8.68. The zero-order chi connectivity index (χ0) is 11.4. The van der Waals surface area contributed by atoms with Gasteiger partial charge in [-0.15, -0.1) is 0 Å². The summed E-state index contributed by atoms with van der Waals surface area (Å²) in [5, 5.41) is 3.03. The molecule has 0 bridgehead atoms. The first-order valence-electron chi connectivity index (χ1n) is 4.79. The molecule has 4 heteroatoms. The largest absolute Gasteiger partial charge is 0.383 e. The standard InChI is InChI=1S/C11H14F3N/c1-7(2)15-9-5-3-4-8(6-9)10(12)11(13)14/h3-7,10-11,15H,1-2H3. The number of halogens is 3. The van der Waals surface area contributed by atoms with Crippen LogP contribution in [0.25, 0.3) is 0 Å². The third-order valence-corrected chi connectivity index (χ3v) is 1.88. The first-order valence-corrected chi connectivity index (χ1v) is 4.79. The van der Waals surface area contributed by atoms with Crippen molar-refractivity contribution in [1.82, 2.24) is 0 Å². The van der Waals surface area contributed by atoms with Crippen LogP contribution < -0.4 is 5.32 Å². The summed E-state index contributed by atoms with van der Waals surface area (Å²) in [5.74, 6) is 0. The van der Waals surface area contributed by atoms with Crippen LogP contribution in [0.5, 0.6) is 0 Å². The average Bonchev–Trinajstić information content (AvgIpc) is 2.16. The van der Waals surface area contributed by atoms with Crippen molar-refractivity contribution in [3.8, 4) is 0 Å². The molecule has 1 nitrogen and oxygen atoms in total. The van der Waals surface area contributed by atoms with E-state index in [1.165, 1.54) is 12.1 Å². The molecule has 1 unspecified atom stereocenters. The summed E-state index contributed by atoms with van der Waals surface area (Å²) >= 11 is 0. The second-order valence-electron chi connectivity index (χ2n) is 3.66. The maximum atomic E-state index is 13.0. The van der Waals surface area contributed by atoms with Crippen LogP contribution in [0.3, 0.4) is 0 Å². The van der Waals surface area contributed by atoms with Gasteiger partial charge in [0, 0.05) is 11.7 Å². The van der Waals surface area contributed by atoms with E-state index in [0.717, 1.165) is 0 Å². The van der Waals surface area contributed by atoms with Gasteiger partial charge in [0.05, 0.1) is 0 Å². The summed E-state index contributed by atoms with van der Waals surface area (Å²) in [6.45, 7) is 3.85. The van der Waals surface area contributed by atoms with Crippen LogP contribution in [0.2, 0.25) is 0 Å². The van der Waals surface area contributed by atoms with Gasteiger partial charge in [0.2, 0.25) is 0 Å². The van der Waals surface area contributed by atoms with Gasteiger partial charge < -0.3 is 5.32 Å². The van der Waals surface area contributed by atoms with Crippen LogP contribution in [0.1, 0.15) is 25.6 Å². The van der Waals surface area contributed by atoms with E-state index >= 15 is 0 Å². The number of anilines is 1. The van der Waals surface area contributed by atoms with E-state index in [0.29, 0.717) is 5.69 Å². The quantitative estimate of drug-likeness (QED) is 0.809. The van der Waals surface area contributed by atoms with Crippen molar-refractivity contribution < 1.29 is 13.2 Å². The van der Waals surface area contributed by atoms with Crippen LogP contribution in [0.4, 0.5) is 18.9 Å². The number of benzene rings is 1. The highest BCUT2D eigenvalue weighted by molar-refractivity contribution is 5.46. The van der Waals surface area contributed by atoms with Crippen molar-refractivity contribution in [2.75, 3.05) is 5.32 Å². The Balaban J connectivity index is 2.82. The predicted molar refractivity (Wildman–Crippen MR) is 55.1 cm³/mol. The zero-order valence-corrected chi connectivity index (χ0v) is 8.68. The second-order valence-corrected chi connectivity index (χ2v) is 3.66. The van der Waals surface area contributed by atoms with Crippen LogP contribution >= 0.6 is 0 Å². The Morgan fingerprint density at radius 2 is 1.80 bits per heavy atom. The fourth-order valence-corrected chi connectivity index (χ4v) is 1.28. The molecule has 0 amide bonds. The molecule has 0 aliphatic heterocycles. The lowest BCUT2D eigenvalue weighted by atomic mass is 10.1. The Labute approximate surface area is 87.3 Å². The Morgan fingerprint density at radius 1 is 1.13 bits per heavy atom. The van der Waals surface area contributed by atoms with E-state index < -0.39 is 12.6 Å². The Hall–Kier alpha value is -1.19. The van der Waals surface area contributed by atoms with Gasteiger partial charge in [0.1, 0.15) is 0 Å². The number of nitrogens with one attached hydrogen (secondary N) is 1. The molecule has 1 aromatic rings. The van der Waals surface area contributed by atoms with Crippen molar-refractivity contribution in [2.24, 2.45) is 0 Å². The minimum Gasteiger partial charge on any atom is -0.383 e. The van der Waals surface area contributed by atoms with E-state index in [2.05, 4.69) is 5.32 Å². The molecule has 0 heterocycles. The number of hydrogen-bond donors (Lipinski definition) is 1. The van der Waals surface area contributed by atoms with E-state index in [9.17, 15) is 13.2 Å². The van der Waals surface area contributed by atoms with Gasteiger partial charge in [0.15, 0.2) is 6.17 Å². The molecule has 0 aromatic heterocycles. The summed E-state index contributed by atoms with van der Waals surface area (Å²) in [6, 6.07) is 6.25. The highest BCUT2D eigenvalue weighted by Gasteiger charge is 2.21. The molecule has 0 aliphatic rings. The summed E-state index contributed by atoms with van der Waals surface area (Å²) < 4.78 is 37.2. The van der Waals surface area contributed by atoms with Gasteiger partial charge in [-0.25, -0.2) is 13.2 Å². The molecule has 0 saturated heterocycles. The highest BCUT2D eigenvalue weighted by atomic mass is 19.3. The molecule has 0 saturated carbocycles. The van der Waals surface area contributed by atoms with Gasteiger partial charge in [-0.1, -0.05) is 12.1 Å². The van der Waals surface area contributed by atoms with E-state index in [-0.39, 0.29) is 11.6 Å². The number of rotatable bonds is 4. The molecule has 0 aliphatic carbocycles. The molecule has 15 heavy (non-hydrogen) atoms. The monoisotopic (exact) mass is 217 g/mol. The highest BCUT2D eigenvalue weighted by Crippen LogP contribution is 2.26. The van der Waals surface area contributed by atoms with Gasteiger partial charge >= 0.3 is 0 Å². The normalized spacial score (nSPS) is 13.3. The number of hydrogen-bond acceptors (Lipinski definition) is 1. The fraction of sp³-hybridized carbons (Fsp3) is 0.455. The lowest BCUT2D eigenvalue weighted by Crippen LogP contribution is -2.10. The van der Waals surface area contributed by atoms with Crippen LogP contribution in [0.15, 0.2) is 24.3 Å². The second kappa shape index (κ2) is 5.05. The van der Waals surface area contributed by atoms with Crippen LogP contribution in [-0.2, 0) is 0 Å². The lowest BCUT2D eigenvalue weighted by molar-refractivity contribution is 0.0496. The molecule has 0 spiro atoms. The summed E-state index contributed by atoms with van der Waals surface area (Å²) in [5.41, 5.74) is 0.668. The third-order valence-electron chi connectivity index (χ3n) is 1.88. The summed E-state index contributed by atoms with van der Waals surface area (Å²) in [4.78, 5) is 0. The molecular weight excluding hydrogens is 203 g/mol. The Kier molecular flexibility index (Phi) is 4.00. The van der Waals surface area contributed by atoms with Crippen molar-refractivity contribution in [3.63, 3.8) is 0 Å². The molecule has 84 valence electrons. The smallest absolute Gasteiger partial charge is 0.273 e. The number of alkyl halides is 3. The molecule has 1 N–H and O–H groups in total. The first kappa shape index (κ1) is 11.9. The fourth-order valence-electron chi connectivity index (χ4n) is 1.28. The Morgan fingerprint density at radius 3 is 2.33 bits per heavy atom.